The van der Waals surface area contributed by atoms with Crippen molar-refractivity contribution in [2.24, 2.45) is 5.73 Å². The normalized spacial score (nSPS) is 13.7. The van der Waals surface area contributed by atoms with Gasteiger partial charge < -0.3 is 20.6 Å². The Labute approximate surface area is 116 Å². The summed E-state index contributed by atoms with van der Waals surface area (Å²) in [5.74, 6) is -0.0388. The molecule has 2 aromatic heterocycles. The molecule has 106 valence electrons. The first-order valence-electron chi connectivity index (χ1n) is 6.30. The van der Waals surface area contributed by atoms with Crippen LogP contribution in [0, 0.1) is 0 Å². The summed E-state index contributed by atoms with van der Waals surface area (Å²) in [4.78, 5) is 14.9. The van der Waals surface area contributed by atoms with Gasteiger partial charge in [-0.05, 0) is 31.2 Å². The minimum absolute atomic E-state index is 0.0155. The van der Waals surface area contributed by atoms with E-state index in [9.17, 15) is 9.90 Å². The van der Waals surface area contributed by atoms with E-state index in [1.165, 1.54) is 12.5 Å². The van der Waals surface area contributed by atoms with Crippen molar-refractivity contribution in [3.63, 3.8) is 0 Å². The molecular formula is C14H17N3O3. The summed E-state index contributed by atoms with van der Waals surface area (Å²) in [6.07, 6.45) is 2.84. The monoisotopic (exact) mass is 275 g/mol. The Kier molecular flexibility index (Phi) is 4.37. The predicted octanol–water partition coefficient (Wildman–Crippen LogP) is 1.70. The zero-order chi connectivity index (χ0) is 14.5. The van der Waals surface area contributed by atoms with Crippen LogP contribution in [0.1, 0.15) is 35.7 Å². The summed E-state index contributed by atoms with van der Waals surface area (Å²) in [5.41, 5.74) is 6.11. The van der Waals surface area contributed by atoms with Gasteiger partial charge in [0.05, 0.1) is 6.26 Å². The number of nitrogens with two attached hydrogens (primary N) is 1. The van der Waals surface area contributed by atoms with E-state index in [4.69, 9.17) is 10.2 Å². The summed E-state index contributed by atoms with van der Waals surface area (Å²) in [7, 11) is 0. The molecule has 20 heavy (non-hydrogen) atoms. The van der Waals surface area contributed by atoms with E-state index in [2.05, 4.69) is 10.3 Å². The second-order valence-electron chi connectivity index (χ2n) is 4.61. The van der Waals surface area contributed by atoms with Crippen LogP contribution in [-0.4, -0.2) is 22.0 Å². The summed E-state index contributed by atoms with van der Waals surface area (Å²) in [6, 6.07) is 6.77. The SMILES string of the molecule is C[C@H](C[C@H](O)c1ccco1)Nc1ccnc(C(N)=O)c1. The van der Waals surface area contributed by atoms with E-state index in [1.807, 2.05) is 6.92 Å². The molecule has 1 amide bonds. The fraction of sp³-hybridized carbons (Fsp3) is 0.286. The van der Waals surface area contributed by atoms with Crippen molar-refractivity contribution in [2.75, 3.05) is 5.32 Å². The van der Waals surface area contributed by atoms with Gasteiger partial charge in [0.2, 0.25) is 0 Å². The van der Waals surface area contributed by atoms with Crippen molar-refractivity contribution in [1.29, 1.82) is 0 Å². The second kappa shape index (κ2) is 6.21. The maximum absolute atomic E-state index is 11.1. The number of carbonyl (C=O) groups is 1. The minimum atomic E-state index is -0.676. The lowest BCUT2D eigenvalue weighted by atomic mass is 10.1. The standard InChI is InChI=1S/C14H17N3O3/c1-9(7-12(18)13-3-2-6-20-13)17-10-4-5-16-11(8-10)14(15)19/h2-6,8-9,12,18H,7H2,1H3,(H2,15,19)(H,16,17)/t9-,12+/m1/s1. The fourth-order valence-electron chi connectivity index (χ4n) is 1.93. The molecule has 0 aliphatic rings. The summed E-state index contributed by atoms with van der Waals surface area (Å²) >= 11 is 0. The van der Waals surface area contributed by atoms with Gasteiger partial charge in [0.25, 0.3) is 5.91 Å². The number of aromatic nitrogens is 1. The molecule has 2 aromatic rings. The molecule has 0 aliphatic heterocycles. The van der Waals surface area contributed by atoms with Gasteiger partial charge in [-0.3, -0.25) is 9.78 Å². The number of aliphatic hydroxyl groups excluding tert-OH is 1. The van der Waals surface area contributed by atoms with Gasteiger partial charge in [0.15, 0.2) is 0 Å². The van der Waals surface area contributed by atoms with Crippen molar-refractivity contribution < 1.29 is 14.3 Å². The summed E-state index contributed by atoms with van der Waals surface area (Å²) in [5, 5.41) is 13.2. The van der Waals surface area contributed by atoms with Gasteiger partial charge in [-0.25, -0.2) is 0 Å². The highest BCUT2D eigenvalue weighted by Gasteiger charge is 2.15. The van der Waals surface area contributed by atoms with Crippen LogP contribution in [0.15, 0.2) is 41.1 Å². The number of furan rings is 1. The molecule has 0 radical (unpaired) electrons. The molecule has 4 N–H and O–H groups in total. The maximum Gasteiger partial charge on any atom is 0.267 e. The van der Waals surface area contributed by atoms with Gasteiger partial charge in [0, 0.05) is 24.3 Å². The van der Waals surface area contributed by atoms with Gasteiger partial charge in [0.1, 0.15) is 17.6 Å². The molecule has 0 aromatic carbocycles. The van der Waals surface area contributed by atoms with Crippen LogP contribution in [0.5, 0.6) is 0 Å². The predicted molar refractivity (Wildman–Crippen MR) is 74.1 cm³/mol. The third-order valence-electron chi connectivity index (χ3n) is 2.87. The van der Waals surface area contributed by atoms with Crippen LogP contribution in [0.4, 0.5) is 5.69 Å². The highest BCUT2D eigenvalue weighted by atomic mass is 16.4. The third-order valence-corrected chi connectivity index (χ3v) is 2.87. The fourth-order valence-corrected chi connectivity index (χ4v) is 1.93. The highest BCUT2D eigenvalue weighted by molar-refractivity contribution is 5.91. The molecule has 0 saturated heterocycles. The van der Waals surface area contributed by atoms with E-state index in [1.54, 1.807) is 24.3 Å². The molecule has 0 bridgehead atoms. The van der Waals surface area contributed by atoms with Gasteiger partial charge in [-0.2, -0.15) is 0 Å². The number of primary amides is 1. The first-order valence-corrected chi connectivity index (χ1v) is 6.30. The molecular weight excluding hydrogens is 258 g/mol. The molecule has 6 nitrogen and oxygen atoms in total. The number of carbonyl (C=O) groups excluding carboxylic acids is 1. The van der Waals surface area contributed by atoms with Crippen LogP contribution in [0.2, 0.25) is 0 Å². The summed E-state index contributed by atoms with van der Waals surface area (Å²) in [6.45, 7) is 1.93. The molecule has 0 unspecified atom stereocenters. The highest BCUT2D eigenvalue weighted by Crippen LogP contribution is 2.20. The Balaban J connectivity index is 1.96. The number of amides is 1. The van der Waals surface area contributed by atoms with Crippen molar-refractivity contribution in [1.82, 2.24) is 4.98 Å². The zero-order valence-corrected chi connectivity index (χ0v) is 11.1. The average molecular weight is 275 g/mol. The molecule has 0 fully saturated rings. The lowest BCUT2D eigenvalue weighted by molar-refractivity contribution is 0.0995. The smallest absolute Gasteiger partial charge is 0.267 e. The maximum atomic E-state index is 11.1. The van der Waals surface area contributed by atoms with Gasteiger partial charge >= 0.3 is 0 Å². The number of hydrogen-bond acceptors (Lipinski definition) is 5. The number of nitrogens with one attached hydrogen (secondary N) is 1. The van der Waals surface area contributed by atoms with E-state index < -0.39 is 12.0 Å². The van der Waals surface area contributed by atoms with E-state index >= 15 is 0 Å². The number of anilines is 1. The first-order chi connectivity index (χ1) is 9.56. The van der Waals surface area contributed by atoms with E-state index in [-0.39, 0.29) is 11.7 Å². The molecule has 2 atom stereocenters. The Hall–Kier alpha value is -2.34. The van der Waals surface area contributed by atoms with Crippen LogP contribution < -0.4 is 11.1 Å². The van der Waals surface area contributed by atoms with Crippen LogP contribution in [0.3, 0.4) is 0 Å². The van der Waals surface area contributed by atoms with E-state index in [0.717, 1.165) is 5.69 Å². The molecule has 0 saturated carbocycles. The van der Waals surface area contributed by atoms with Crippen molar-refractivity contribution >= 4 is 11.6 Å². The van der Waals surface area contributed by atoms with Crippen LogP contribution in [-0.2, 0) is 0 Å². The lowest BCUT2D eigenvalue weighted by Gasteiger charge is -2.18. The second-order valence-corrected chi connectivity index (χ2v) is 4.61. The Morgan fingerprint density at radius 3 is 3.00 bits per heavy atom. The molecule has 0 aliphatic carbocycles. The Morgan fingerprint density at radius 2 is 2.35 bits per heavy atom. The van der Waals surface area contributed by atoms with Crippen molar-refractivity contribution in [2.45, 2.75) is 25.5 Å². The average Bonchev–Trinajstić information content (AvgIpc) is 2.92. The summed E-state index contributed by atoms with van der Waals surface area (Å²) < 4.78 is 5.15. The van der Waals surface area contributed by atoms with Gasteiger partial charge in [-0.15, -0.1) is 0 Å². The molecule has 2 heterocycles. The Bertz CT molecular complexity index is 569. The number of aliphatic hydroxyl groups is 1. The zero-order valence-electron chi connectivity index (χ0n) is 11.1. The molecule has 0 spiro atoms. The largest absolute Gasteiger partial charge is 0.467 e. The minimum Gasteiger partial charge on any atom is -0.467 e. The molecule has 6 heteroatoms. The quantitative estimate of drug-likeness (QED) is 0.744. The van der Waals surface area contributed by atoms with Crippen LogP contribution in [0.25, 0.3) is 0 Å². The number of pyridine rings is 1. The van der Waals surface area contributed by atoms with Crippen molar-refractivity contribution in [3.8, 4) is 0 Å². The number of nitrogens with zero attached hydrogens (tertiary/aromatic N) is 1. The topological polar surface area (TPSA) is 101 Å². The first kappa shape index (κ1) is 14.1. The van der Waals surface area contributed by atoms with Crippen LogP contribution >= 0.6 is 0 Å². The van der Waals surface area contributed by atoms with Crippen molar-refractivity contribution in [3.05, 3.63) is 48.2 Å². The van der Waals surface area contributed by atoms with Gasteiger partial charge in [-0.1, -0.05) is 0 Å². The van der Waals surface area contributed by atoms with E-state index in [0.29, 0.717) is 12.2 Å². The Morgan fingerprint density at radius 1 is 1.55 bits per heavy atom. The number of rotatable bonds is 6. The lowest BCUT2D eigenvalue weighted by Crippen LogP contribution is -2.19. The third kappa shape index (κ3) is 3.58. The number of hydrogen-bond donors (Lipinski definition) is 3. The molecule has 2 rings (SSSR count).